The van der Waals surface area contributed by atoms with Gasteiger partial charge < -0.3 is 15.0 Å². The number of carbonyl (C=O) groups excluding carboxylic acids is 2. The zero-order valence-corrected chi connectivity index (χ0v) is 19.7. The molecule has 166 valence electrons. The van der Waals surface area contributed by atoms with E-state index < -0.39 is 0 Å². The molecule has 31 heavy (non-hydrogen) atoms. The lowest BCUT2D eigenvalue weighted by molar-refractivity contribution is -0.125. The van der Waals surface area contributed by atoms with Crippen molar-refractivity contribution in [1.82, 2.24) is 0 Å². The van der Waals surface area contributed by atoms with Gasteiger partial charge in [0.15, 0.2) is 0 Å². The Balaban J connectivity index is 2.05. The average Bonchev–Trinajstić information content (AvgIpc) is 2.66. The van der Waals surface area contributed by atoms with Crippen LogP contribution in [0, 0.1) is 0 Å². The third kappa shape index (κ3) is 4.82. The summed E-state index contributed by atoms with van der Waals surface area (Å²) in [6, 6.07) is 16.2. The third-order valence-corrected chi connectivity index (χ3v) is 5.87. The van der Waals surface area contributed by atoms with Gasteiger partial charge in [0, 0.05) is 29.3 Å². The van der Waals surface area contributed by atoms with Crippen molar-refractivity contribution in [2.75, 3.05) is 16.8 Å². The first-order valence-corrected chi connectivity index (χ1v) is 10.8. The smallest absolute Gasteiger partial charge is 0.250 e. The molecule has 5 nitrogen and oxygen atoms in total. The fourth-order valence-corrected chi connectivity index (χ4v) is 4.75. The largest absolute Gasteiger partial charge is 0.366 e. The van der Waals surface area contributed by atoms with E-state index in [1.54, 1.807) is 6.92 Å². The number of carbonyl (C=O) groups is 2. The van der Waals surface area contributed by atoms with Crippen molar-refractivity contribution in [2.24, 2.45) is 0 Å². The Morgan fingerprint density at radius 3 is 2.29 bits per heavy atom. The Kier molecular flexibility index (Phi) is 6.03. The van der Waals surface area contributed by atoms with Gasteiger partial charge in [-0.2, -0.15) is 0 Å². The van der Waals surface area contributed by atoms with E-state index in [2.05, 4.69) is 38.2 Å². The lowest BCUT2D eigenvalue weighted by Gasteiger charge is -2.51. The second-order valence-electron chi connectivity index (χ2n) is 10.2. The van der Waals surface area contributed by atoms with Gasteiger partial charge in [0.1, 0.15) is 6.61 Å². The maximum Gasteiger partial charge on any atom is 0.250 e. The second-order valence-corrected chi connectivity index (χ2v) is 10.2. The summed E-state index contributed by atoms with van der Waals surface area (Å²) in [5.74, 6) is -0.187. The van der Waals surface area contributed by atoms with Gasteiger partial charge in [-0.25, -0.2) is 0 Å². The summed E-state index contributed by atoms with van der Waals surface area (Å²) in [4.78, 5) is 26.9. The van der Waals surface area contributed by atoms with Gasteiger partial charge in [0.25, 0.3) is 0 Å². The van der Waals surface area contributed by atoms with Gasteiger partial charge in [0.2, 0.25) is 11.8 Å². The molecular formula is C26H34N2O3. The molecule has 1 N–H and O–H groups in total. The van der Waals surface area contributed by atoms with Gasteiger partial charge >= 0.3 is 0 Å². The highest BCUT2D eigenvalue weighted by Crippen LogP contribution is 2.51. The van der Waals surface area contributed by atoms with E-state index in [1.807, 2.05) is 62.1 Å². The Bertz CT molecular complexity index is 976. The van der Waals surface area contributed by atoms with Crippen LogP contribution >= 0.6 is 0 Å². The van der Waals surface area contributed by atoms with Crippen LogP contribution in [0.5, 0.6) is 0 Å². The topological polar surface area (TPSA) is 58.6 Å². The predicted molar refractivity (Wildman–Crippen MR) is 126 cm³/mol. The Morgan fingerprint density at radius 2 is 1.71 bits per heavy atom. The van der Waals surface area contributed by atoms with Crippen LogP contribution in [0.2, 0.25) is 0 Å². The van der Waals surface area contributed by atoms with Crippen LogP contribution in [0.25, 0.3) is 0 Å². The highest BCUT2D eigenvalue weighted by atomic mass is 16.5. The minimum absolute atomic E-state index is 0.0108. The number of rotatable bonds is 4. The molecule has 2 aromatic rings. The number of benzene rings is 2. The quantitative estimate of drug-likeness (QED) is 0.729. The molecule has 0 saturated carbocycles. The molecule has 5 heteroatoms. The van der Waals surface area contributed by atoms with Gasteiger partial charge in [0.05, 0.1) is 5.60 Å². The van der Waals surface area contributed by atoms with Crippen molar-refractivity contribution >= 4 is 23.2 Å². The standard InChI is InChI=1S/C26H34N2O3/c1-18(29)28-22-14-13-20(27-23(30)16-31-24(2,3)4)15-21(22)26(7,17-25(28,5)6)19-11-9-8-10-12-19/h8-15H,16-17H2,1-7H3,(H,27,30). The Hall–Kier alpha value is -2.66. The monoisotopic (exact) mass is 422 g/mol. The number of nitrogens with one attached hydrogen (secondary N) is 1. The summed E-state index contributed by atoms with van der Waals surface area (Å²) in [5, 5.41) is 2.95. The fraction of sp³-hybridized carbons (Fsp3) is 0.462. The summed E-state index contributed by atoms with van der Waals surface area (Å²) >= 11 is 0. The summed E-state index contributed by atoms with van der Waals surface area (Å²) in [5.41, 5.74) is 2.76. The highest BCUT2D eigenvalue weighted by Gasteiger charge is 2.47. The van der Waals surface area contributed by atoms with Crippen LogP contribution in [0.4, 0.5) is 11.4 Å². The molecule has 2 amide bonds. The number of fused-ring (bicyclic) bond motifs is 1. The normalized spacial score (nSPS) is 20.2. The minimum atomic E-state index is -0.382. The van der Waals surface area contributed by atoms with E-state index in [-0.39, 0.29) is 35.0 Å². The lowest BCUT2D eigenvalue weighted by atomic mass is 9.65. The summed E-state index contributed by atoms with van der Waals surface area (Å²) in [7, 11) is 0. The van der Waals surface area contributed by atoms with Crippen molar-refractivity contribution in [3.8, 4) is 0 Å². The first kappa shape index (κ1) is 23.0. The highest BCUT2D eigenvalue weighted by molar-refractivity contribution is 5.97. The molecule has 0 aromatic heterocycles. The van der Waals surface area contributed by atoms with E-state index >= 15 is 0 Å². The van der Waals surface area contributed by atoms with E-state index in [1.165, 1.54) is 5.56 Å². The number of hydrogen-bond acceptors (Lipinski definition) is 3. The average molecular weight is 423 g/mol. The number of amides is 2. The zero-order chi connectivity index (χ0) is 23.0. The van der Waals surface area contributed by atoms with Crippen LogP contribution in [0.1, 0.15) is 66.0 Å². The molecule has 2 aromatic carbocycles. The summed E-state index contributed by atoms with van der Waals surface area (Å²) in [6.45, 7) is 13.8. The minimum Gasteiger partial charge on any atom is -0.366 e. The van der Waals surface area contributed by atoms with E-state index in [9.17, 15) is 9.59 Å². The Morgan fingerprint density at radius 1 is 1.06 bits per heavy atom. The van der Waals surface area contributed by atoms with Crippen molar-refractivity contribution < 1.29 is 14.3 Å². The molecule has 0 fully saturated rings. The molecular weight excluding hydrogens is 388 g/mol. The summed E-state index contributed by atoms with van der Waals surface area (Å²) in [6.07, 6.45) is 0.765. The molecule has 0 bridgehead atoms. The molecule has 1 aliphatic heterocycles. The predicted octanol–water partition coefficient (Wildman–Crippen LogP) is 5.28. The maximum atomic E-state index is 12.6. The lowest BCUT2D eigenvalue weighted by Crippen LogP contribution is -2.55. The van der Waals surface area contributed by atoms with Crippen LogP contribution < -0.4 is 10.2 Å². The van der Waals surface area contributed by atoms with E-state index in [4.69, 9.17) is 4.74 Å². The Labute approximate surface area is 185 Å². The van der Waals surface area contributed by atoms with Crippen molar-refractivity contribution in [2.45, 2.75) is 71.4 Å². The van der Waals surface area contributed by atoms with Gasteiger partial charge in [-0.3, -0.25) is 9.59 Å². The first-order valence-electron chi connectivity index (χ1n) is 10.8. The number of nitrogens with zero attached hydrogens (tertiary/aromatic N) is 1. The van der Waals surface area contributed by atoms with Crippen LogP contribution in [-0.4, -0.2) is 29.6 Å². The van der Waals surface area contributed by atoms with Gasteiger partial charge in [-0.15, -0.1) is 0 Å². The number of anilines is 2. The van der Waals surface area contributed by atoms with Crippen molar-refractivity contribution in [3.05, 3.63) is 59.7 Å². The van der Waals surface area contributed by atoms with Crippen LogP contribution in [0.15, 0.2) is 48.5 Å². The van der Waals surface area contributed by atoms with E-state index in [0.717, 1.165) is 17.7 Å². The SMILES string of the molecule is CC(=O)N1c2ccc(NC(=O)COC(C)(C)C)cc2C(C)(c2ccccc2)CC1(C)C. The first-order chi connectivity index (χ1) is 14.3. The molecule has 0 saturated heterocycles. The fourth-order valence-electron chi connectivity index (χ4n) is 4.75. The van der Waals surface area contributed by atoms with Crippen molar-refractivity contribution in [3.63, 3.8) is 0 Å². The van der Waals surface area contributed by atoms with Gasteiger partial charge in [-0.1, -0.05) is 37.3 Å². The van der Waals surface area contributed by atoms with Crippen LogP contribution in [0.3, 0.4) is 0 Å². The molecule has 1 atom stereocenters. The maximum absolute atomic E-state index is 12.6. The summed E-state index contributed by atoms with van der Waals surface area (Å²) < 4.78 is 5.60. The number of ether oxygens (including phenoxy) is 1. The molecule has 0 aliphatic carbocycles. The second kappa shape index (κ2) is 8.12. The van der Waals surface area contributed by atoms with Gasteiger partial charge in [-0.05, 0) is 70.4 Å². The molecule has 0 spiro atoms. The third-order valence-electron chi connectivity index (χ3n) is 5.87. The molecule has 0 radical (unpaired) electrons. The molecule has 1 unspecified atom stereocenters. The van der Waals surface area contributed by atoms with Crippen LogP contribution in [-0.2, 0) is 19.7 Å². The van der Waals surface area contributed by atoms with E-state index in [0.29, 0.717) is 5.69 Å². The molecule has 1 heterocycles. The number of hydrogen-bond donors (Lipinski definition) is 1. The molecule has 3 rings (SSSR count). The molecule has 1 aliphatic rings. The van der Waals surface area contributed by atoms with Crippen molar-refractivity contribution in [1.29, 1.82) is 0 Å². The zero-order valence-electron chi connectivity index (χ0n) is 19.7.